The first-order valence-electron chi connectivity index (χ1n) is 8.66. The van der Waals surface area contributed by atoms with Gasteiger partial charge in [0.2, 0.25) is 11.8 Å². The van der Waals surface area contributed by atoms with Gasteiger partial charge in [-0.25, -0.2) is 4.99 Å². The number of benzene rings is 2. The molecule has 0 radical (unpaired) electrons. The van der Waals surface area contributed by atoms with Gasteiger partial charge in [0.05, 0.1) is 12.8 Å². The summed E-state index contributed by atoms with van der Waals surface area (Å²) >= 11 is 1.31. The van der Waals surface area contributed by atoms with Crippen molar-refractivity contribution in [2.24, 2.45) is 4.99 Å². The van der Waals surface area contributed by atoms with Crippen LogP contribution in [0.2, 0.25) is 0 Å². The molecule has 0 aliphatic carbocycles. The van der Waals surface area contributed by atoms with Crippen LogP contribution in [0.5, 0.6) is 5.75 Å². The summed E-state index contributed by atoms with van der Waals surface area (Å²) in [7, 11) is 1.60. The van der Waals surface area contributed by atoms with Crippen LogP contribution in [-0.4, -0.2) is 40.8 Å². The zero-order chi connectivity index (χ0) is 19.2. The largest absolute Gasteiger partial charge is 0.497 e. The second kappa shape index (κ2) is 8.73. The first kappa shape index (κ1) is 19.0. The number of carbonyl (C=O) groups is 2. The molecule has 0 aromatic heterocycles. The van der Waals surface area contributed by atoms with Gasteiger partial charge in [0.15, 0.2) is 5.17 Å². The normalized spacial score (nSPS) is 18.4. The van der Waals surface area contributed by atoms with Crippen LogP contribution >= 0.6 is 11.8 Å². The summed E-state index contributed by atoms with van der Waals surface area (Å²) in [6.45, 7) is 2.40. The van der Waals surface area contributed by atoms with Gasteiger partial charge in [0.1, 0.15) is 11.0 Å². The molecular formula is C20H21N3O3S. The third-order valence-electron chi connectivity index (χ3n) is 4.09. The molecule has 0 spiro atoms. The van der Waals surface area contributed by atoms with Crippen LogP contribution in [0.4, 0.5) is 11.4 Å². The van der Waals surface area contributed by atoms with Crippen molar-refractivity contribution < 1.29 is 14.3 Å². The monoisotopic (exact) mass is 383 g/mol. The van der Waals surface area contributed by atoms with Crippen molar-refractivity contribution in [2.45, 2.75) is 18.6 Å². The Balaban J connectivity index is 1.79. The van der Waals surface area contributed by atoms with Crippen LogP contribution in [0, 0.1) is 0 Å². The Hall–Kier alpha value is -2.80. The Morgan fingerprint density at radius 3 is 2.56 bits per heavy atom. The molecule has 2 aromatic carbocycles. The number of rotatable bonds is 5. The lowest BCUT2D eigenvalue weighted by atomic mass is 10.2. The maximum Gasteiger partial charge on any atom is 0.238 e. The van der Waals surface area contributed by atoms with Gasteiger partial charge in [-0.05, 0) is 43.3 Å². The van der Waals surface area contributed by atoms with Crippen LogP contribution < -0.4 is 10.1 Å². The average Bonchev–Trinajstić information content (AvgIpc) is 2.69. The number of nitrogens with one attached hydrogen (secondary N) is 1. The van der Waals surface area contributed by atoms with Gasteiger partial charge in [-0.2, -0.15) is 0 Å². The van der Waals surface area contributed by atoms with E-state index >= 15 is 0 Å². The third-order valence-corrected chi connectivity index (χ3v) is 5.27. The fourth-order valence-electron chi connectivity index (χ4n) is 2.66. The molecule has 1 atom stereocenters. The highest BCUT2D eigenvalue weighted by Crippen LogP contribution is 2.30. The molecule has 7 heteroatoms. The molecular weight excluding hydrogens is 362 g/mol. The highest BCUT2D eigenvalue weighted by Gasteiger charge is 2.35. The van der Waals surface area contributed by atoms with Crippen LogP contribution in [0.3, 0.4) is 0 Å². The predicted molar refractivity (Wildman–Crippen MR) is 109 cm³/mol. The number of amides is 2. The zero-order valence-corrected chi connectivity index (χ0v) is 16.0. The first-order valence-corrected chi connectivity index (χ1v) is 9.54. The maximum atomic E-state index is 12.6. The number of thioether (sulfide) groups is 1. The van der Waals surface area contributed by atoms with Crippen LogP contribution in [0.1, 0.15) is 13.3 Å². The molecule has 27 heavy (non-hydrogen) atoms. The number of hydrogen-bond donors (Lipinski definition) is 1. The number of anilines is 1. The Morgan fingerprint density at radius 2 is 1.93 bits per heavy atom. The molecule has 1 aliphatic rings. The molecule has 1 aliphatic heterocycles. The lowest BCUT2D eigenvalue weighted by Gasteiger charge is -2.30. The van der Waals surface area contributed by atoms with Crippen molar-refractivity contribution in [3.63, 3.8) is 0 Å². The molecule has 1 unspecified atom stereocenters. The topological polar surface area (TPSA) is 71.0 Å². The molecule has 6 nitrogen and oxygen atoms in total. The van der Waals surface area contributed by atoms with Gasteiger partial charge in [-0.3, -0.25) is 14.5 Å². The maximum absolute atomic E-state index is 12.6. The number of hydrogen-bond acceptors (Lipinski definition) is 5. The van der Waals surface area contributed by atoms with Gasteiger partial charge in [0, 0.05) is 18.7 Å². The average molecular weight is 383 g/mol. The number of methoxy groups -OCH3 is 1. The standard InChI is InChI=1S/C20H21N3O3S/c1-3-23-18(24)13-17(19(25)21-14-7-5-4-6-8-14)27-20(23)22-15-9-11-16(26-2)12-10-15/h4-12,17H,3,13H2,1-2H3,(H,21,25). The van der Waals surface area contributed by atoms with Crippen molar-refractivity contribution in [3.8, 4) is 5.75 Å². The van der Waals surface area contributed by atoms with Crippen LogP contribution in [0.25, 0.3) is 0 Å². The minimum atomic E-state index is -0.516. The fraction of sp³-hybridized carbons (Fsp3) is 0.250. The molecule has 1 saturated heterocycles. The molecule has 140 valence electrons. The number of aliphatic imine (C=N–C) groups is 1. The smallest absolute Gasteiger partial charge is 0.238 e. The van der Waals surface area contributed by atoms with Gasteiger partial charge >= 0.3 is 0 Å². The van der Waals surface area contributed by atoms with Gasteiger partial charge < -0.3 is 10.1 Å². The number of amidine groups is 1. The molecule has 0 bridgehead atoms. The van der Waals surface area contributed by atoms with Crippen molar-refractivity contribution in [2.75, 3.05) is 19.0 Å². The van der Waals surface area contributed by atoms with Crippen molar-refractivity contribution >= 4 is 40.1 Å². The van der Waals surface area contributed by atoms with E-state index in [0.717, 1.165) is 5.75 Å². The quantitative estimate of drug-likeness (QED) is 0.855. The summed E-state index contributed by atoms with van der Waals surface area (Å²) in [6, 6.07) is 16.5. The van der Waals surface area contributed by atoms with E-state index in [1.54, 1.807) is 12.0 Å². The van der Waals surface area contributed by atoms with E-state index in [4.69, 9.17) is 4.74 Å². The molecule has 0 saturated carbocycles. The van der Waals surface area contributed by atoms with E-state index in [9.17, 15) is 9.59 Å². The number of para-hydroxylation sites is 1. The van der Waals surface area contributed by atoms with Crippen molar-refractivity contribution in [3.05, 3.63) is 54.6 Å². The Bertz CT molecular complexity index is 837. The molecule has 3 rings (SSSR count). The van der Waals surface area contributed by atoms with Crippen molar-refractivity contribution in [1.29, 1.82) is 0 Å². The van der Waals surface area contributed by atoms with E-state index in [1.165, 1.54) is 11.8 Å². The van der Waals surface area contributed by atoms with E-state index in [0.29, 0.717) is 23.1 Å². The Kier molecular flexibility index (Phi) is 6.13. The van der Waals surface area contributed by atoms with E-state index < -0.39 is 5.25 Å². The minimum Gasteiger partial charge on any atom is -0.497 e. The lowest BCUT2D eigenvalue weighted by molar-refractivity contribution is -0.129. The number of ether oxygens (including phenoxy) is 1. The molecule has 2 aromatic rings. The van der Waals surface area contributed by atoms with E-state index in [1.807, 2.05) is 61.5 Å². The minimum absolute atomic E-state index is 0.100. The van der Waals surface area contributed by atoms with Gasteiger partial charge in [0.25, 0.3) is 0 Å². The molecule has 1 fully saturated rings. The van der Waals surface area contributed by atoms with E-state index in [-0.39, 0.29) is 18.2 Å². The van der Waals surface area contributed by atoms with E-state index in [2.05, 4.69) is 10.3 Å². The third kappa shape index (κ3) is 4.68. The number of nitrogens with zero attached hydrogens (tertiary/aromatic N) is 2. The molecule has 1 heterocycles. The summed E-state index contributed by atoms with van der Waals surface area (Å²) in [5, 5.41) is 2.88. The summed E-state index contributed by atoms with van der Waals surface area (Å²) in [4.78, 5) is 31.3. The Morgan fingerprint density at radius 1 is 1.22 bits per heavy atom. The summed E-state index contributed by atoms with van der Waals surface area (Å²) in [6.07, 6.45) is 0.152. The Labute approximate surface area is 162 Å². The summed E-state index contributed by atoms with van der Waals surface area (Å²) in [5.74, 6) is 0.438. The second-order valence-corrected chi connectivity index (χ2v) is 7.07. The molecule has 1 N–H and O–H groups in total. The van der Waals surface area contributed by atoms with Crippen LogP contribution in [0.15, 0.2) is 59.6 Å². The fourth-order valence-corrected chi connectivity index (χ4v) is 3.83. The zero-order valence-electron chi connectivity index (χ0n) is 15.2. The second-order valence-electron chi connectivity index (χ2n) is 5.90. The highest BCUT2D eigenvalue weighted by atomic mass is 32.2. The predicted octanol–water partition coefficient (Wildman–Crippen LogP) is 3.68. The molecule has 2 amide bonds. The summed E-state index contributed by atoms with van der Waals surface area (Å²) < 4.78 is 5.15. The van der Waals surface area contributed by atoms with Gasteiger partial charge in [-0.15, -0.1) is 0 Å². The highest BCUT2D eigenvalue weighted by molar-refractivity contribution is 8.15. The lowest BCUT2D eigenvalue weighted by Crippen LogP contribution is -2.45. The van der Waals surface area contributed by atoms with Gasteiger partial charge in [-0.1, -0.05) is 30.0 Å². The number of carbonyl (C=O) groups excluding carboxylic acids is 2. The first-order chi connectivity index (χ1) is 13.1. The SMILES string of the molecule is CCN1C(=O)CC(C(=O)Nc2ccccc2)SC1=Nc1ccc(OC)cc1. The van der Waals surface area contributed by atoms with Crippen molar-refractivity contribution in [1.82, 2.24) is 4.90 Å². The van der Waals surface area contributed by atoms with Crippen LogP contribution in [-0.2, 0) is 9.59 Å². The summed E-state index contributed by atoms with van der Waals surface area (Å²) in [5.41, 5.74) is 1.41.